The second-order valence-corrected chi connectivity index (χ2v) is 9.22. The molecule has 0 aliphatic carbocycles. The Morgan fingerprint density at radius 2 is 1.43 bits per heavy atom. The highest BCUT2D eigenvalue weighted by Gasteiger charge is 2.46. The molecular weight excluding hydrogens is 397 g/mol. The molecule has 1 rings (SSSR count). The van der Waals surface area contributed by atoms with E-state index in [-0.39, 0.29) is 23.3 Å². The monoisotopic (exact) mass is 424 g/mol. The van der Waals surface area contributed by atoms with E-state index in [1.165, 1.54) is 0 Å². The maximum Gasteiger partial charge on any atom is 0.426 e. The van der Waals surface area contributed by atoms with Crippen molar-refractivity contribution in [2.45, 2.75) is 71.6 Å². The van der Waals surface area contributed by atoms with Gasteiger partial charge in [-0.15, -0.1) is 0 Å². The molecule has 0 bridgehead atoms. The number of ether oxygens (including phenoxy) is 1. The molecule has 0 spiro atoms. The third-order valence-corrected chi connectivity index (χ3v) is 5.04. The second kappa shape index (κ2) is 8.82. The van der Waals surface area contributed by atoms with Crippen molar-refractivity contribution in [2.24, 2.45) is 0 Å². The van der Waals surface area contributed by atoms with Gasteiger partial charge in [-0.05, 0) is 34.4 Å². The minimum atomic E-state index is -5.14. The van der Waals surface area contributed by atoms with Crippen LogP contribution in [0, 0.1) is 0 Å². The van der Waals surface area contributed by atoms with E-state index in [4.69, 9.17) is 4.55 Å². The van der Waals surface area contributed by atoms with Crippen molar-refractivity contribution >= 4 is 16.1 Å². The fourth-order valence-electron chi connectivity index (χ4n) is 2.77. The van der Waals surface area contributed by atoms with E-state index >= 15 is 0 Å². The Labute approximate surface area is 164 Å². The van der Waals surface area contributed by atoms with Crippen molar-refractivity contribution in [3.8, 4) is 0 Å². The molecule has 0 aliphatic heterocycles. The Morgan fingerprint density at radius 1 is 1.00 bits per heavy atom. The average Bonchev–Trinajstić information content (AvgIpc) is 2.50. The van der Waals surface area contributed by atoms with Gasteiger partial charge in [0.05, 0.1) is 5.56 Å². The maximum absolute atomic E-state index is 13.2. The van der Waals surface area contributed by atoms with E-state index in [0.29, 0.717) is 11.1 Å². The third-order valence-electron chi connectivity index (χ3n) is 4.31. The number of hydrogen-bond acceptors (Lipinski definition) is 4. The number of alkyl halides is 3. The molecule has 0 fully saturated rings. The van der Waals surface area contributed by atoms with Gasteiger partial charge in [0, 0.05) is 0 Å². The molecule has 0 aliphatic rings. The molecule has 0 amide bonds. The van der Waals surface area contributed by atoms with Crippen molar-refractivity contribution in [1.82, 2.24) is 0 Å². The van der Waals surface area contributed by atoms with Crippen LogP contribution in [0.25, 0.3) is 0 Å². The van der Waals surface area contributed by atoms with Crippen molar-refractivity contribution < 1.29 is 35.7 Å². The van der Waals surface area contributed by atoms with Crippen LogP contribution in [0.2, 0.25) is 0 Å². The lowest BCUT2D eigenvalue weighted by molar-refractivity contribution is -0.197. The van der Waals surface area contributed by atoms with Crippen LogP contribution in [0.3, 0.4) is 0 Å². The molecule has 1 unspecified atom stereocenters. The van der Waals surface area contributed by atoms with E-state index in [0.717, 1.165) is 5.56 Å². The quantitative estimate of drug-likeness (QED) is 0.490. The summed E-state index contributed by atoms with van der Waals surface area (Å²) in [4.78, 5) is 12.7. The molecule has 0 aromatic heterocycles. The second-order valence-electron chi connectivity index (χ2n) is 7.72. The molecule has 1 aromatic carbocycles. The molecule has 0 radical (unpaired) electrons. The summed E-state index contributed by atoms with van der Waals surface area (Å²) in [6.07, 6.45) is -8.10. The summed E-state index contributed by atoms with van der Waals surface area (Å²) in [6, 6.07) is 3.53. The van der Waals surface area contributed by atoms with E-state index < -0.39 is 34.1 Å². The Hall–Kier alpha value is -1.61. The molecule has 160 valence electrons. The van der Waals surface area contributed by atoms with Crippen LogP contribution in [0.15, 0.2) is 12.1 Å². The topological polar surface area (TPSA) is 80.7 Å². The Bertz CT molecular complexity index is 782. The van der Waals surface area contributed by atoms with E-state index in [9.17, 15) is 26.4 Å². The van der Waals surface area contributed by atoms with Gasteiger partial charge in [-0.25, -0.2) is 4.79 Å². The molecule has 1 N–H and O–H groups in total. The largest absolute Gasteiger partial charge is 0.448 e. The van der Waals surface area contributed by atoms with Gasteiger partial charge in [0.1, 0.15) is 5.75 Å². The summed E-state index contributed by atoms with van der Waals surface area (Å²) in [5, 5.41) is 0. The first-order valence-electron chi connectivity index (χ1n) is 8.95. The van der Waals surface area contributed by atoms with Crippen LogP contribution in [-0.2, 0) is 14.9 Å². The van der Waals surface area contributed by atoms with Gasteiger partial charge in [0.2, 0.25) is 6.10 Å². The molecule has 9 heteroatoms. The van der Waals surface area contributed by atoms with Crippen LogP contribution in [0.1, 0.15) is 86.3 Å². The smallest absolute Gasteiger partial charge is 0.426 e. The van der Waals surface area contributed by atoms with Crippen molar-refractivity contribution in [2.75, 3.05) is 5.75 Å². The summed E-state index contributed by atoms with van der Waals surface area (Å²) in [5.74, 6) is -3.22. The summed E-state index contributed by atoms with van der Waals surface area (Å²) >= 11 is 0. The normalized spacial score (nSPS) is 14.0. The number of hydrogen-bond donors (Lipinski definition) is 1. The molecule has 1 aromatic rings. The van der Waals surface area contributed by atoms with Crippen LogP contribution in [-0.4, -0.2) is 37.0 Å². The number of carbonyl (C=O) groups excluding carboxylic acids is 1. The standard InChI is InChI=1S/C19H27F3O5S/c1-10(2)13-7-14(11(3)4)17(15(8-13)12(5)6)18(23)27-16(19(20,21)22)9-28(24,25)26/h7-8,10-12,16H,9H2,1-6H3,(H,24,25,26). The van der Waals surface area contributed by atoms with E-state index in [1.807, 2.05) is 13.8 Å². The average molecular weight is 424 g/mol. The number of carbonyl (C=O) groups is 1. The Kier molecular flexibility index (Phi) is 7.69. The number of halogens is 3. The zero-order valence-electron chi connectivity index (χ0n) is 16.8. The number of rotatable bonds is 7. The Morgan fingerprint density at radius 3 is 1.71 bits per heavy atom. The third kappa shape index (κ3) is 6.48. The van der Waals surface area contributed by atoms with Crippen LogP contribution < -0.4 is 0 Å². The fraction of sp³-hybridized carbons (Fsp3) is 0.632. The number of esters is 1. The molecule has 1 atom stereocenters. The highest BCUT2D eigenvalue weighted by Crippen LogP contribution is 2.34. The van der Waals surface area contributed by atoms with Gasteiger partial charge in [-0.1, -0.05) is 53.7 Å². The van der Waals surface area contributed by atoms with Crippen LogP contribution in [0.5, 0.6) is 0 Å². The summed E-state index contributed by atoms with van der Waals surface area (Å²) in [5.41, 5.74) is 2.02. The molecular formula is C19H27F3O5S. The van der Waals surface area contributed by atoms with Crippen LogP contribution in [0.4, 0.5) is 13.2 Å². The van der Waals surface area contributed by atoms with E-state index in [1.54, 1.807) is 39.8 Å². The predicted molar refractivity (Wildman–Crippen MR) is 100 cm³/mol. The van der Waals surface area contributed by atoms with Crippen molar-refractivity contribution in [3.05, 3.63) is 34.4 Å². The lowest BCUT2D eigenvalue weighted by Gasteiger charge is -2.24. The minimum absolute atomic E-state index is 0.0130. The lowest BCUT2D eigenvalue weighted by Crippen LogP contribution is -2.39. The van der Waals surface area contributed by atoms with Gasteiger partial charge < -0.3 is 4.74 Å². The molecule has 0 heterocycles. The summed E-state index contributed by atoms with van der Waals surface area (Å²) in [6.45, 7) is 11.2. The number of benzene rings is 1. The van der Waals surface area contributed by atoms with Gasteiger partial charge in [0.25, 0.3) is 10.1 Å². The minimum Gasteiger partial charge on any atom is -0.448 e. The predicted octanol–water partition coefficient (Wildman–Crippen LogP) is 5.03. The van der Waals surface area contributed by atoms with E-state index in [2.05, 4.69) is 4.74 Å². The highest BCUT2D eigenvalue weighted by molar-refractivity contribution is 7.85. The van der Waals surface area contributed by atoms with Gasteiger partial charge in [-0.3, -0.25) is 4.55 Å². The van der Waals surface area contributed by atoms with Gasteiger partial charge in [0.15, 0.2) is 0 Å². The van der Waals surface area contributed by atoms with Crippen molar-refractivity contribution in [3.63, 3.8) is 0 Å². The molecule has 28 heavy (non-hydrogen) atoms. The highest BCUT2D eigenvalue weighted by atomic mass is 32.2. The van der Waals surface area contributed by atoms with Gasteiger partial charge in [-0.2, -0.15) is 21.6 Å². The molecule has 0 saturated heterocycles. The zero-order chi connectivity index (χ0) is 22.0. The molecule has 0 saturated carbocycles. The summed E-state index contributed by atoms with van der Waals surface area (Å²) in [7, 11) is -5.00. The maximum atomic E-state index is 13.2. The molecule has 5 nitrogen and oxygen atoms in total. The SMILES string of the molecule is CC(C)c1cc(C(C)C)c(C(=O)OC(CS(=O)(=O)O)C(F)(F)F)c(C(C)C)c1. The first kappa shape index (κ1) is 24.4. The zero-order valence-corrected chi connectivity index (χ0v) is 17.6. The fourth-order valence-corrected chi connectivity index (χ4v) is 3.41. The lowest BCUT2D eigenvalue weighted by atomic mass is 9.84. The Balaban J connectivity index is 3.53. The first-order chi connectivity index (χ1) is 12.5. The van der Waals surface area contributed by atoms with Crippen molar-refractivity contribution in [1.29, 1.82) is 0 Å². The first-order valence-corrected chi connectivity index (χ1v) is 10.6. The van der Waals surface area contributed by atoms with Crippen LogP contribution >= 0.6 is 0 Å². The summed E-state index contributed by atoms with van der Waals surface area (Å²) < 4.78 is 74.7. The van der Waals surface area contributed by atoms with Gasteiger partial charge >= 0.3 is 12.1 Å².